The average molecular weight is 455 g/mol. The zero-order valence-electron chi connectivity index (χ0n) is 16.6. The molecule has 1 heterocycles. The van der Waals surface area contributed by atoms with E-state index in [0.29, 0.717) is 10.9 Å². The molecule has 0 radical (unpaired) electrons. The van der Waals surface area contributed by atoms with E-state index in [1.54, 1.807) is 34.6 Å². The Kier molecular flexibility index (Phi) is 9.92. The number of nitrogens with zero attached hydrogens (tertiary/aromatic N) is 1. The highest BCUT2D eigenvalue weighted by Gasteiger charge is 2.32. The lowest BCUT2D eigenvalue weighted by atomic mass is 10.1. The van der Waals surface area contributed by atoms with Gasteiger partial charge in [0.2, 0.25) is 0 Å². The first-order valence-corrected chi connectivity index (χ1v) is 12.2. The molecule has 0 saturated carbocycles. The van der Waals surface area contributed by atoms with Gasteiger partial charge in [-0.05, 0) is 34.6 Å². The maximum absolute atomic E-state index is 12.7. The van der Waals surface area contributed by atoms with Crippen molar-refractivity contribution in [2.75, 3.05) is 25.6 Å². The fourth-order valence-corrected chi connectivity index (χ4v) is 4.69. The van der Waals surface area contributed by atoms with Crippen LogP contribution in [-0.4, -0.2) is 54.3 Å². The summed E-state index contributed by atoms with van der Waals surface area (Å²) in [6, 6.07) is -0.595. The van der Waals surface area contributed by atoms with Crippen molar-refractivity contribution < 1.29 is 32.6 Å². The number of aliphatic imine (C=N–C) groups is 1. The van der Waals surface area contributed by atoms with Gasteiger partial charge in [0.05, 0.1) is 31.1 Å². The van der Waals surface area contributed by atoms with Gasteiger partial charge in [-0.3, -0.25) is 14.0 Å². The van der Waals surface area contributed by atoms with Crippen molar-refractivity contribution in [2.45, 2.75) is 46.3 Å². The minimum absolute atomic E-state index is 0.0603. The van der Waals surface area contributed by atoms with Gasteiger partial charge in [-0.25, -0.2) is 9.59 Å². The second kappa shape index (κ2) is 11.2. The first-order chi connectivity index (χ1) is 13.0. The maximum Gasteiger partial charge on any atom is 0.382 e. The summed E-state index contributed by atoms with van der Waals surface area (Å²) < 4.78 is 26.4. The molecule has 0 aromatic rings. The molecule has 0 fully saturated rings. The van der Waals surface area contributed by atoms with Gasteiger partial charge >= 0.3 is 18.7 Å². The molecule has 0 spiro atoms. The highest BCUT2D eigenvalue weighted by Crippen LogP contribution is 2.50. The number of thioether (sulfide) groups is 1. The third-order valence-corrected chi connectivity index (χ3v) is 6.15. The molecular formula is C16H27N2O7PS2. The van der Waals surface area contributed by atoms with Gasteiger partial charge < -0.3 is 19.7 Å². The number of hydrogen-bond acceptors (Lipinski definition) is 11. The predicted octanol–water partition coefficient (Wildman–Crippen LogP) is 2.50. The summed E-state index contributed by atoms with van der Waals surface area (Å²) in [5.41, 5.74) is 5.10. The zero-order chi connectivity index (χ0) is 21.4. The number of nitrogens with two attached hydrogens (primary N) is 1. The molecule has 9 nitrogen and oxygen atoms in total. The number of hydrogen-bond donors (Lipinski definition) is 1. The lowest BCUT2D eigenvalue weighted by molar-refractivity contribution is -0.158. The summed E-state index contributed by atoms with van der Waals surface area (Å²) >= 11 is 6.51. The van der Waals surface area contributed by atoms with Crippen molar-refractivity contribution in [3.63, 3.8) is 0 Å². The van der Waals surface area contributed by atoms with Crippen LogP contribution in [0.25, 0.3) is 0 Å². The van der Waals surface area contributed by atoms with Crippen LogP contribution in [0.5, 0.6) is 0 Å². The standard InChI is InChI=1S/C16H27N2O7PS2/c1-6-22-26(27,23-7-2)25-14(20)11(12-10-28-15(17)18-12)8-21-9-13(19)24-16(3,4)5/h8,12H,6-7,9-10H2,1-5H3,(H2,17,18)/b11-8-. The normalized spacial score (nSPS) is 17.8. The minimum Gasteiger partial charge on any atom is -0.489 e. The second-order valence-corrected chi connectivity index (χ2v) is 10.4. The van der Waals surface area contributed by atoms with Gasteiger partial charge in [0.15, 0.2) is 11.8 Å². The van der Waals surface area contributed by atoms with E-state index in [1.807, 2.05) is 0 Å². The molecule has 0 saturated heterocycles. The van der Waals surface area contributed by atoms with Crippen LogP contribution in [-0.2, 0) is 44.4 Å². The Morgan fingerprint density at radius 2 is 1.93 bits per heavy atom. The summed E-state index contributed by atoms with van der Waals surface area (Å²) in [6.07, 6.45) is 1.12. The summed E-state index contributed by atoms with van der Waals surface area (Å²) in [5, 5.41) is 0.338. The Morgan fingerprint density at radius 3 is 2.39 bits per heavy atom. The maximum atomic E-state index is 12.7. The number of rotatable bonds is 10. The number of carbonyl (C=O) groups is 2. The Bertz CT molecular complexity index is 666. The largest absolute Gasteiger partial charge is 0.489 e. The minimum atomic E-state index is -3.25. The second-order valence-electron chi connectivity index (χ2n) is 6.43. The Labute approximate surface area is 174 Å². The van der Waals surface area contributed by atoms with Crippen LogP contribution in [0, 0.1) is 0 Å². The number of ether oxygens (including phenoxy) is 2. The van der Waals surface area contributed by atoms with E-state index < -0.39 is 30.3 Å². The van der Waals surface area contributed by atoms with Gasteiger partial charge in [-0.15, -0.1) is 0 Å². The van der Waals surface area contributed by atoms with Gasteiger partial charge in [0.25, 0.3) is 0 Å². The molecule has 0 bridgehead atoms. The predicted molar refractivity (Wildman–Crippen MR) is 111 cm³/mol. The van der Waals surface area contributed by atoms with Crippen LogP contribution >= 0.6 is 18.5 Å². The smallest absolute Gasteiger partial charge is 0.382 e. The summed E-state index contributed by atoms with van der Waals surface area (Å²) in [5.74, 6) is -0.943. The lowest BCUT2D eigenvalue weighted by Crippen LogP contribution is -2.26. The number of carbonyl (C=O) groups excluding carboxylic acids is 2. The fourth-order valence-electron chi connectivity index (χ4n) is 1.95. The molecule has 0 aromatic heterocycles. The Balaban J connectivity index is 2.91. The summed E-state index contributed by atoms with van der Waals surface area (Å²) in [7, 11) is 0. The third kappa shape index (κ3) is 8.91. The fraction of sp³-hybridized carbons (Fsp3) is 0.688. The molecule has 1 unspecified atom stereocenters. The SMILES string of the molecule is CCOP(=S)(OCC)OC(=O)/C(=C\OCC(=O)OC(C)(C)C)C1CSC(N)=N1. The first-order valence-electron chi connectivity index (χ1n) is 8.62. The molecule has 1 atom stereocenters. The van der Waals surface area contributed by atoms with Crippen molar-refractivity contribution in [3.05, 3.63) is 11.8 Å². The van der Waals surface area contributed by atoms with Crippen LogP contribution in [0.4, 0.5) is 0 Å². The topological polar surface area (TPSA) is 119 Å². The third-order valence-electron chi connectivity index (χ3n) is 2.87. The van der Waals surface area contributed by atoms with Gasteiger partial charge in [-0.2, -0.15) is 0 Å². The van der Waals surface area contributed by atoms with Crippen molar-refractivity contribution in [2.24, 2.45) is 10.7 Å². The molecule has 0 amide bonds. The molecule has 12 heteroatoms. The van der Waals surface area contributed by atoms with E-state index in [1.165, 1.54) is 11.8 Å². The molecule has 2 N–H and O–H groups in total. The monoisotopic (exact) mass is 454 g/mol. The van der Waals surface area contributed by atoms with Crippen LogP contribution < -0.4 is 5.73 Å². The summed E-state index contributed by atoms with van der Waals surface area (Å²) in [6.45, 7) is 5.47. The molecule has 0 aliphatic carbocycles. The van der Waals surface area contributed by atoms with Gasteiger partial charge in [-0.1, -0.05) is 11.8 Å². The average Bonchev–Trinajstić information content (AvgIpc) is 2.96. The molecule has 1 aliphatic rings. The molecule has 28 heavy (non-hydrogen) atoms. The van der Waals surface area contributed by atoms with E-state index in [9.17, 15) is 9.59 Å². The van der Waals surface area contributed by atoms with Crippen molar-refractivity contribution in [1.82, 2.24) is 0 Å². The Hall–Kier alpha value is -1.13. The Morgan fingerprint density at radius 1 is 1.32 bits per heavy atom. The van der Waals surface area contributed by atoms with Crippen molar-refractivity contribution >= 4 is 47.4 Å². The van der Waals surface area contributed by atoms with E-state index in [4.69, 9.17) is 40.6 Å². The van der Waals surface area contributed by atoms with Crippen LogP contribution in [0.2, 0.25) is 0 Å². The van der Waals surface area contributed by atoms with E-state index in [2.05, 4.69) is 4.99 Å². The van der Waals surface area contributed by atoms with E-state index in [0.717, 1.165) is 6.26 Å². The quantitative estimate of drug-likeness (QED) is 0.228. The van der Waals surface area contributed by atoms with Crippen LogP contribution in [0.15, 0.2) is 16.8 Å². The highest BCUT2D eigenvalue weighted by molar-refractivity contribution is 8.14. The number of esters is 1. The molecule has 1 aliphatic heterocycles. The summed E-state index contributed by atoms with van der Waals surface area (Å²) in [4.78, 5) is 28.7. The molecule has 160 valence electrons. The van der Waals surface area contributed by atoms with E-state index in [-0.39, 0.29) is 25.4 Å². The van der Waals surface area contributed by atoms with Crippen molar-refractivity contribution in [3.8, 4) is 0 Å². The van der Waals surface area contributed by atoms with Gasteiger partial charge in [0.1, 0.15) is 5.60 Å². The molecule has 1 rings (SSSR count). The lowest BCUT2D eigenvalue weighted by Gasteiger charge is -2.21. The van der Waals surface area contributed by atoms with Crippen LogP contribution in [0.3, 0.4) is 0 Å². The number of amidine groups is 1. The highest BCUT2D eigenvalue weighted by atomic mass is 32.5. The van der Waals surface area contributed by atoms with Crippen LogP contribution in [0.1, 0.15) is 34.6 Å². The first kappa shape index (κ1) is 24.9. The van der Waals surface area contributed by atoms with Gasteiger partial charge in [0, 0.05) is 17.6 Å². The van der Waals surface area contributed by atoms with E-state index >= 15 is 0 Å². The molecule has 0 aromatic carbocycles. The zero-order valence-corrected chi connectivity index (χ0v) is 19.2. The molecular weight excluding hydrogens is 427 g/mol. The van der Waals surface area contributed by atoms with Crippen molar-refractivity contribution in [1.29, 1.82) is 0 Å².